The third-order valence-electron chi connectivity index (χ3n) is 6.95. The largest absolute Gasteiger partial charge is 0.481 e. The molecule has 2 aliphatic rings. The van der Waals surface area contributed by atoms with E-state index in [1.54, 1.807) is 6.33 Å². The van der Waals surface area contributed by atoms with Gasteiger partial charge >= 0.3 is 5.97 Å². The average molecular weight is 446 g/mol. The molecule has 7 nitrogen and oxygen atoms in total. The monoisotopic (exact) mass is 445 g/mol. The lowest BCUT2D eigenvalue weighted by Gasteiger charge is -2.32. The fraction of sp³-hybridized carbons (Fsp3) is 0.423. The van der Waals surface area contributed by atoms with Crippen LogP contribution in [0.4, 0.5) is 5.82 Å². The zero-order valence-corrected chi connectivity index (χ0v) is 19.2. The number of fused-ring (bicyclic) bond motifs is 1. The number of nitrogens with zero attached hydrogens (tertiary/aromatic N) is 5. The molecule has 33 heavy (non-hydrogen) atoms. The van der Waals surface area contributed by atoms with Crippen LogP contribution >= 0.6 is 0 Å². The van der Waals surface area contributed by atoms with Gasteiger partial charge in [0, 0.05) is 45.8 Å². The lowest BCUT2D eigenvalue weighted by atomic mass is 9.96. The van der Waals surface area contributed by atoms with E-state index < -0.39 is 5.97 Å². The first-order valence-electron chi connectivity index (χ1n) is 11.8. The lowest BCUT2D eigenvalue weighted by molar-refractivity contribution is -0.141. The van der Waals surface area contributed by atoms with Crippen LogP contribution in [0.5, 0.6) is 0 Å². The van der Waals surface area contributed by atoms with Gasteiger partial charge in [0.05, 0.1) is 16.8 Å². The van der Waals surface area contributed by atoms with Crippen molar-refractivity contribution in [2.75, 3.05) is 51.2 Å². The zero-order valence-electron chi connectivity index (χ0n) is 19.2. The number of hydrogen-bond acceptors (Lipinski definition) is 6. The van der Waals surface area contributed by atoms with E-state index in [1.165, 1.54) is 5.56 Å². The lowest BCUT2D eigenvalue weighted by Crippen LogP contribution is -2.43. The van der Waals surface area contributed by atoms with E-state index in [2.05, 4.69) is 62.0 Å². The Morgan fingerprint density at radius 3 is 2.70 bits per heavy atom. The molecule has 2 saturated heterocycles. The third-order valence-corrected chi connectivity index (χ3v) is 6.95. The summed E-state index contributed by atoms with van der Waals surface area (Å²) in [7, 11) is 2.18. The van der Waals surface area contributed by atoms with Gasteiger partial charge in [-0.3, -0.25) is 9.69 Å². The number of likely N-dealkylation sites (N-methyl/N-ethyl adjacent to an activating group) is 1. The van der Waals surface area contributed by atoms with E-state index in [0.717, 1.165) is 80.0 Å². The highest BCUT2D eigenvalue weighted by atomic mass is 16.4. The molecular formula is C26H31N5O2. The number of carboxylic acids is 1. The highest BCUT2D eigenvalue weighted by molar-refractivity contribution is 6.02. The number of piperazine rings is 1. The van der Waals surface area contributed by atoms with Gasteiger partial charge in [-0.2, -0.15) is 0 Å². The Labute approximate surface area is 194 Å². The van der Waals surface area contributed by atoms with Gasteiger partial charge in [0.2, 0.25) is 0 Å². The normalized spacial score (nSPS) is 20.3. The molecule has 7 heteroatoms. The van der Waals surface area contributed by atoms with Crippen molar-refractivity contribution < 1.29 is 9.90 Å². The number of benzene rings is 2. The summed E-state index contributed by atoms with van der Waals surface area (Å²) in [5.74, 6) is -0.247. The predicted molar refractivity (Wildman–Crippen MR) is 130 cm³/mol. The zero-order chi connectivity index (χ0) is 22.8. The Morgan fingerprint density at radius 1 is 1.06 bits per heavy atom. The van der Waals surface area contributed by atoms with Crippen molar-refractivity contribution in [1.29, 1.82) is 0 Å². The molecule has 3 aromatic rings. The van der Waals surface area contributed by atoms with Gasteiger partial charge in [-0.1, -0.05) is 30.3 Å². The maximum absolute atomic E-state index is 11.6. The van der Waals surface area contributed by atoms with E-state index in [4.69, 9.17) is 0 Å². The van der Waals surface area contributed by atoms with Gasteiger partial charge in [-0.05, 0) is 48.7 Å². The number of piperidine rings is 1. The SMILES string of the molecule is CN1CCN(Cc2cccc(-c3cccc4ncnc(N5CCCC(C(=O)O)C5)c34)c2)CC1. The molecule has 172 valence electrons. The summed E-state index contributed by atoms with van der Waals surface area (Å²) in [6, 6.07) is 14.9. The van der Waals surface area contributed by atoms with E-state index in [0.29, 0.717) is 6.54 Å². The van der Waals surface area contributed by atoms with Crippen LogP contribution in [0.3, 0.4) is 0 Å². The topological polar surface area (TPSA) is 72.8 Å². The fourth-order valence-electron chi connectivity index (χ4n) is 5.05. The Bertz CT molecular complexity index is 1140. The molecule has 0 amide bonds. The van der Waals surface area contributed by atoms with Crippen LogP contribution < -0.4 is 4.90 Å². The molecule has 5 rings (SSSR count). The van der Waals surface area contributed by atoms with Gasteiger partial charge in [-0.15, -0.1) is 0 Å². The maximum atomic E-state index is 11.6. The first kappa shape index (κ1) is 21.8. The minimum Gasteiger partial charge on any atom is -0.481 e. The molecule has 0 radical (unpaired) electrons. The summed E-state index contributed by atoms with van der Waals surface area (Å²) >= 11 is 0. The minimum absolute atomic E-state index is 0.358. The smallest absolute Gasteiger partial charge is 0.308 e. The molecule has 0 saturated carbocycles. The second kappa shape index (κ2) is 9.45. The van der Waals surface area contributed by atoms with E-state index in [-0.39, 0.29) is 5.92 Å². The van der Waals surface area contributed by atoms with Crippen molar-refractivity contribution in [1.82, 2.24) is 19.8 Å². The average Bonchev–Trinajstić information content (AvgIpc) is 2.85. The Hall–Kier alpha value is -3.03. The summed E-state index contributed by atoms with van der Waals surface area (Å²) in [6.07, 6.45) is 3.16. The van der Waals surface area contributed by atoms with Gasteiger partial charge < -0.3 is 14.9 Å². The number of aromatic nitrogens is 2. The first-order valence-corrected chi connectivity index (χ1v) is 11.8. The summed E-state index contributed by atoms with van der Waals surface area (Å²) in [4.78, 5) is 27.8. The fourth-order valence-corrected chi connectivity index (χ4v) is 5.05. The van der Waals surface area contributed by atoms with Crippen molar-refractivity contribution in [3.63, 3.8) is 0 Å². The Balaban J connectivity index is 1.49. The molecular weight excluding hydrogens is 414 g/mol. The van der Waals surface area contributed by atoms with Crippen molar-refractivity contribution in [2.45, 2.75) is 19.4 Å². The number of hydrogen-bond donors (Lipinski definition) is 1. The van der Waals surface area contributed by atoms with Crippen LogP contribution in [-0.4, -0.2) is 77.2 Å². The van der Waals surface area contributed by atoms with E-state index in [1.807, 2.05) is 12.1 Å². The molecule has 2 fully saturated rings. The number of rotatable bonds is 5. The molecule has 1 aromatic heterocycles. The summed E-state index contributed by atoms with van der Waals surface area (Å²) in [5.41, 5.74) is 4.44. The van der Waals surface area contributed by atoms with Crippen molar-refractivity contribution in [3.05, 3.63) is 54.4 Å². The second-order valence-electron chi connectivity index (χ2n) is 9.30. The molecule has 2 aromatic carbocycles. The first-order chi connectivity index (χ1) is 16.1. The quantitative estimate of drug-likeness (QED) is 0.646. The van der Waals surface area contributed by atoms with Crippen molar-refractivity contribution in [3.8, 4) is 11.1 Å². The van der Waals surface area contributed by atoms with Gasteiger partial charge in [-0.25, -0.2) is 9.97 Å². The molecule has 0 aliphatic carbocycles. The van der Waals surface area contributed by atoms with Crippen LogP contribution in [0.2, 0.25) is 0 Å². The van der Waals surface area contributed by atoms with E-state index in [9.17, 15) is 9.90 Å². The molecule has 1 unspecified atom stereocenters. The highest BCUT2D eigenvalue weighted by Crippen LogP contribution is 2.35. The minimum atomic E-state index is -0.727. The molecule has 1 N–H and O–H groups in total. The molecule has 2 aliphatic heterocycles. The van der Waals surface area contributed by atoms with Gasteiger partial charge in [0.15, 0.2) is 0 Å². The van der Waals surface area contributed by atoms with Crippen molar-refractivity contribution in [2.24, 2.45) is 5.92 Å². The highest BCUT2D eigenvalue weighted by Gasteiger charge is 2.27. The number of anilines is 1. The van der Waals surface area contributed by atoms with Gasteiger partial charge in [0.25, 0.3) is 0 Å². The predicted octanol–water partition coefficient (Wildman–Crippen LogP) is 3.35. The summed E-state index contributed by atoms with van der Waals surface area (Å²) in [5, 5.41) is 10.6. The standard InChI is InChI=1S/C26H31N5O2/c1-29-11-13-30(14-12-29)16-19-5-2-6-20(15-19)22-8-3-9-23-24(22)25(28-18-27-23)31-10-4-7-21(17-31)26(32)33/h2-3,5-6,8-9,15,18,21H,4,7,10-14,16-17H2,1H3,(H,32,33). The van der Waals surface area contributed by atoms with Crippen LogP contribution in [-0.2, 0) is 11.3 Å². The number of carbonyl (C=O) groups is 1. The summed E-state index contributed by atoms with van der Waals surface area (Å²) < 4.78 is 0. The Morgan fingerprint density at radius 2 is 1.88 bits per heavy atom. The number of aliphatic carboxylic acids is 1. The molecule has 0 spiro atoms. The van der Waals surface area contributed by atoms with Crippen LogP contribution in [0.15, 0.2) is 48.8 Å². The van der Waals surface area contributed by atoms with Crippen LogP contribution in [0, 0.1) is 5.92 Å². The van der Waals surface area contributed by atoms with Crippen molar-refractivity contribution >= 4 is 22.7 Å². The van der Waals surface area contributed by atoms with Crippen LogP contribution in [0.25, 0.3) is 22.0 Å². The van der Waals surface area contributed by atoms with Crippen LogP contribution in [0.1, 0.15) is 18.4 Å². The molecule has 3 heterocycles. The molecule has 0 bridgehead atoms. The van der Waals surface area contributed by atoms with Gasteiger partial charge in [0.1, 0.15) is 12.1 Å². The Kier molecular flexibility index (Phi) is 6.24. The number of carboxylic acid groups (broad SMARTS) is 1. The molecule has 1 atom stereocenters. The maximum Gasteiger partial charge on any atom is 0.308 e. The van der Waals surface area contributed by atoms with E-state index >= 15 is 0 Å². The second-order valence-corrected chi connectivity index (χ2v) is 9.30. The summed E-state index contributed by atoms with van der Waals surface area (Å²) in [6.45, 7) is 6.64. The third kappa shape index (κ3) is 4.70.